The summed E-state index contributed by atoms with van der Waals surface area (Å²) < 4.78 is 0.307. The van der Waals surface area contributed by atoms with Crippen molar-refractivity contribution in [3.8, 4) is 0 Å². The largest absolute Gasteiger partial charge is 0.357 e. The van der Waals surface area contributed by atoms with E-state index in [1.165, 1.54) is 18.2 Å². The van der Waals surface area contributed by atoms with E-state index in [1.54, 1.807) is 0 Å². The summed E-state index contributed by atoms with van der Waals surface area (Å²) in [5.41, 5.74) is 4.64. The molecule has 0 radical (unpaired) electrons. The number of amides is 1. The maximum atomic E-state index is 11.9. The number of rotatable bonds is 2. The first kappa shape index (κ1) is 17.3. The van der Waals surface area contributed by atoms with Crippen LogP contribution in [0.1, 0.15) is 31.1 Å². The van der Waals surface area contributed by atoms with Crippen LogP contribution >= 0.6 is 28.1 Å². The van der Waals surface area contributed by atoms with Crippen molar-refractivity contribution in [1.82, 2.24) is 16.2 Å². The SMILES string of the molecule is CC(C)(C)NC(=S)NNC(=O)c1ccc(Br)c([N+](=O)[O-])c1. The monoisotopic (exact) mass is 374 g/mol. The molecule has 9 heteroatoms. The highest BCUT2D eigenvalue weighted by atomic mass is 79.9. The van der Waals surface area contributed by atoms with Crippen molar-refractivity contribution in [2.45, 2.75) is 26.3 Å². The third-order valence-electron chi connectivity index (χ3n) is 2.18. The zero-order valence-electron chi connectivity index (χ0n) is 11.7. The lowest BCUT2D eigenvalue weighted by molar-refractivity contribution is -0.385. The smallest absolute Gasteiger partial charge is 0.284 e. The van der Waals surface area contributed by atoms with Crippen LogP contribution in [0.3, 0.4) is 0 Å². The second-order valence-electron chi connectivity index (χ2n) is 5.21. The molecule has 1 amide bonds. The molecule has 1 rings (SSSR count). The van der Waals surface area contributed by atoms with Crippen LogP contribution in [0.5, 0.6) is 0 Å². The van der Waals surface area contributed by atoms with Crippen molar-refractivity contribution in [3.05, 3.63) is 38.3 Å². The molecule has 0 aliphatic heterocycles. The van der Waals surface area contributed by atoms with Gasteiger partial charge in [-0.25, -0.2) is 0 Å². The van der Waals surface area contributed by atoms with E-state index >= 15 is 0 Å². The number of carbonyl (C=O) groups excluding carboxylic acids is 1. The molecule has 0 fully saturated rings. The first-order valence-corrected chi connectivity index (χ1v) is 7.13. The summed E-state index contributed by atoms with van der Waals surface area (Å²) in [5, 5.41) is 14.0. The first-order valence-electron chi connectivity index (χ1n) is 5.92. The quantitative estimate of drug-likeness (QED) is 0.417. The van der Waals surface area contributed by atoms with E-state index in [1.807, 2.05) is 20.8 Å². The minimum absolute atomic E-state index is 0.149. The molecular weight excluding hydrogens is 360 g/mol. The second-order valence-corrected chi connectivity index (χ2v) is 6.47. The minimum atomic E-state index is -0.569. The summed E-state index contributed by atoms with van der Waals surface area (Å²) in [6.07, 6.45) is 0. The number of benzene rings is 1. The standard InChI is InChI=1S/C12H15BrN4O3S/c1-12(2,3)14-11(21)16-15-10(18)7-4-5-8(13)9(6-7)17(19)20/h4-6H,1-3H3,(H,15,18)(H2,14,16,21). The van der Waals surface area contributed by atoms with Gasteiger partial charge in [-0.3, -0.25) is 25.8 Å². The van der Waals surface area contributed by atoms with Crippen molar-refractivity contribution < 1.29 is 9.72 Å². The van der Waals surface area contributed by atoms with Gasteiger partial charge in [-0.1, -0.05) is 0 Å². The van der Waals surface area contributed by atoms with Crippen LogP contribution in [0.15, 0.2) is 22.7 Å². The molecule has 7 nitrogen and oxygen atoms in total. The van der Waals surface area contributed by atoms with Crippen LogP contribution in [0, 0.1) is 10.1 Å². The lowest BCUT2D eigenvalue weighted by Gasteiger charge is -2.23. The van der Waals surface area contributed by atoms with Crippen LogP contribution in [-0.2, 0) is 0 Å². The summed E-state index contributed by atoms with van der Waals surface area (Å²) in [6, 6.07) is 4.09. The van der Waals surface area contributed by atoms with Crippen LogP contribution in [0.25, 0.3) is 0 Å². The topological polar surface area (TPSA) is 96.3 Å². The molecule has 0 unspecified atom stereocenters. The van der Waals surface area contributed by atoms with Gasteiger partial charge >= 0.3 is 0 Å². The van der Waals surface area contributed by atoms with Gasteiger partial charge in [-0.2, -0.15) is 0 Å². The van der Waals surface area contributed by atoms with Crippen molar-refractivity contribution in [2.75, 3.05) is 0 Å². The number of hydrogen-bond donors (Lipinski definition) is 3. The molecule has 0 aliphatic carbocycles. The predicted octanol–water partition coefficient (Wildman–Crippen LogP) is 2.26. The Balaban J connectivity index is 2.71. The summed E-state index contributed by atoms with van der Waals surface area (Å²) in [6.45, 7) is 5.75. The van der Waals surface area contributed by atoms with E-state index in [-0.39, 0.29) is 21.9 Å². The molecule has 3 N–H and O–H groups in total. The number of nitrogens with zero attached hydrogens (tertiary/aromatic N) is 1. The number of nitro benzene ring substituents is 1. The maximum Gasteiger partial charge on any atom is 0.284 e. The van der Waals surface area contributed by atoms with Gasteiger partial charge in [-0.05, 0) is 61.1 Å². The van der Waals surface area contributed by atoms with Crippen molar-refractivity contribution in [2.24, 2.45) is 0 Å². The van der Waals surface area contributed by atoms with E-state index in [0.29, 0.717) is 4.47 Å². The highest BCUT2D eigenvalue weighted by Crippen LogP contribution is 2.25. The molecule has 1 aromatic carbocycles. The Kier molecular flexibility index (Phi) is 5.62. The maximum absolute atomic E-state index is 11.9. The van der Waals surface area contributed by atoms with Gasteiger partial charge in [0.1, 0.15) is 0 Å². The summed E-state index contributed by atoms with van der Waals surface area (Å²) in [7, 11) is 0. The number of hydrazine groups is 1. The molecule has 0 saturated heterocycles. The Hall–Kier alpha value is -1.74. The summed E-state index contributed by atoms with van der Waals surface area (Å²) >= 11 is 8.06. The molecule has 0 aliphatic rings. The highest BCUT2D eigenvalue weighted by molar-refractivity contribution is 9.10. The van der Waals surface area contributed by atoms with Crippen molar-refractivity contribution in [1.29, 1.82) is 0 Å². The molecule has 21 heavy (non-hydrogen) atoms. The molecule has 114 valence electrons. The van der Waals surface area contributed by atoms with Crippen LogP contribution in [-0.4, -0.2) is 21.5 Å². The van der Waals surface area contributed by atoms with Gasteiger partial charge in [-0.15, -0.1) is 0 Å². The molecule has 0 heterocycles. The van der Waals surface area contributed by atoms with Gasteiger partial charge in [0, 0.05) is 17.2 Å². The van der Waals surface area contributed by atoms with Crippen LogP contribution in [0.2, 0.25) is 0 Å². The fourth-order valence-corrected chi connectivity index (χ4v) is 2.10. The Bertz CT molecular complexity index is 586. The Morgan fingerprint density at radius 1 is 1.33 bits per heavy atom. The van der Waals surface area contributed by atoms with E-state index in [9.17, 15) is 14.9 Å². The van der Waals surface area contributed by atoms with Crippen molar-refractivity contribution in [3.63, 3.8) is 0 Å². The molecule has 0 bridgehead atoms. The van der Waals surface area contributed by atoms with Gasteiger partial charge in [0.2, 0.25) is 0 Å². The van der Waals surface area contributed by atoms with Crippen LogP contribution < -0.4 is 16.2 Å². The van der Waals surface area contributed by atoms with E-state index < -0.39 is 10.8 Å². The first-order chi connectivity index (χ1) is 9.60. The number of nitro groups is 1. The van der Waals surface area contributed by atoms with E-state index in [4.69, 9.17) is 12.2 Å². The second kappa shape index (κ2) is 6.81. The zero-order valence-corrected chi connectivity index (χ0v) is 14.1. The summed E-state index contributed by atoms with van der Waals surface area (Å²) in [4.78, 5) is 22.1. The number of hydrogen-bond acceptors (Lipinski definition) is 4. The van der Waals surface area contributed by atoms with Crippen molar-refractivity contribution >= 4 is 44.9 Å². The Morgan fingerprint density at radius 2 is 1.95 bits per heavy atom. The number of nitrogens with one attached hydrogen (secondary N) is 3. The zero-order chi connectivity index (χ0) is 16.2. The highest BCUT2D eigenvalue weighted by Gasteiger charge is 2.16. The Labute approximate surface area is 135 Å². The fourth-order valence-electron chi connectivity index (χ4n) is 1.35. The Morgan fingerprint density at radius 3 is 2.48 bits per heavy atom. The average Bonchev–Trinajstić information content (AvgIpc) is 2.34. The molecule has 0 aromatic heterocycles. The number of carbonyl (C=O) groups is 1. The lowest BCUT2D eigenvalue weighted by Crippen LogP contribution is -2.52. The van der Waals surface area contributed by atoms with Gasteiger partial charge in [0.15, 0.2) is 5.11 Å². The lowest BCUT2D eigenvalue weighted by atomic mass is 10.1. The van der Waals surface area contributed by atoms with Gasteiger partial charge < -0.3 is 5.32 Å². The van der Waals surface area contributed by atoms with E-state index in [0.717, 1.165) is 0 Å². The minimum Gasteiger partial charge on any atom is -0.357 e. The molecule has 1 aromatic rings. The molecular formula is C12H15BrN4O3S. The number of halogens is 1. The fraction of sp³-hybridized carbons (Fsp3) is 0.333. The normalized spacial score (nSPS) is 10.7. The third kappa shape index (κ3) is 5.64. The predicted molar refractivity (Wildman–Crippen MR) is 86.9 cm³/mol. The van der Waals surface area contributed by atoms with E-state index in [2.05, 4.69) is 32.1 Å². The molecule has 0 atom stereocenters. The van der Waals surface area contributed by atoms with Crippen LogP contribution in [0.4, 0.5) is 5.69 Å². The van der Waals surface area contributed by atoms with Gasteiger partial charge in [0.25, 0.3) is 11.6 Å². The number of thiocarbonyl (C=S) groups is 1. The average molecular weight is 375 g/mol. The third-order valence-corrected chi connectivity index (χ3v) is 3.06. The van der Waals surface area contributed by atoms with Gasteiger partial charge in [0.05, 0.1) is 9.40 Å². The molecule has 0 saturated carbocycles. The molecule has 0 spiro atoms. The summed E-state index contributed by atoms with van der Waals surface area (Å²) in [5.74, 6) is -0.524.